The van der Waals surface area contributed by atoms with Gasteiger partial charge in [0, 0.05) is 18.3 Å². The topological polar surface area (TPSA) is 221 Å². The van der Waals surface area contributed by atoms with Gasteiger partial charge in [-0.1, -0.05) is 89.5 Å². The Morgan fingerprint density at radius 2 is 1.10 bits per heavy atom. The summed E-state index contributed by atoms with van der Waals surface area (Å²) in [5.41, 5.74) is -1.10. The first kappa shape index (κ1) is 62.3. The van der Waals surface area contributed by atoms with Gasteiger partial charge in [-0.05, 0) is 151 Å². The zero-order chi connectivity index (χ0) is 57.3. The smallest absolute Gasteiger partial charge is 0.309 e. The summed E-state index contributed by atoms with van der Waals surface area (Å²) in [6.45, 7) is 23.0. The summed E-state index contributed by atoms with van der Waals surface area (Å²) < 4.78 is 61.0. The Balaban J connectivity index is 0.000000142. The monoisotopic (exact) mass is 1120 g/mol. The first-order chi connectivity index (χ1) is 36.5. The van der Waals surface area contributed by atoms with Crippen LogP contribution in [-0.4, -0.2) is 102 Å². The summed E-state index contributed by atoms with van der Waals surface area (Å²) in [5, 5.41) is 10.2. The van der Waals surface area contributed by atoms with Crippen LogP contribution in [0.15, 0.2) is 0 Å². The summed E-state index contributed by atoms with van der Waals surface area (Å²) in [4.78, 5) is 68.6. The number of hydrogen-bond acceptors (Lipinski definition) is 16. The lowest BCUT2D eigenvalue weighted by Crippen LogP contribution is -2.60. The summed E-state index contributed by atoms with van der Waals surface area (Å²) >= 11 is 0. The van der Waals surface area contributed by atoms with Gasteiger partial charge in [-0.25, -0.2) is 0 Å². The van der Waals surface area contributed by atoms with Gasteiger partial charge in [0.05, 0.1) is 46.9 Å². The third-order valence-corrected chi connectivity index (χ3v) is 21.3. The Bertz CT molecular complexity index is 2200. The third-order valence-electron chi connectivity index (χ3n) is 19.5. The highest BCUT2D eigenvalue weighted by Crippen LogP contribution is 2.62. The first-order valence-corrected chi connectivity index (χ1v) is 31.9. The van der Waals surface area contributed by atoms with E-state index in [9.17, 15) is 42.3 Å². The van der Waals surface area contributed by atoms with Crippen LogP contribution in [0.5, 0.6) is 0 Å². The zero-order valence-corrected chi connectivity index (χ0v) is 50.2. The molecule has 0 aromatic heterocycles. The second-order valence-electron chi connectivity index (χ2n) is 27.5. The minimum Gasteiger partial charge on any atom is -0.462 e. The molecule has 2 saturated heterocycles. The maximum Gasteiger partial charge on any atom is 0.309 e. The lowest BCUT2D eigenvalue weighted by Gasteiger charge is -2.60. The molecule has 16 nitrogen and oxygen atoms in total. The van der Waals surface area contributed by atoms with E-state index in [0.29, 0.717) is 36.5 Å². The highest BCUT2D eigenvalue weighted by molar-refractivity contribution is 7.87. The van der Waals surface area contributed by atoms with E-state index < -0.39 is 21.8 Å². The molecular formula is C61H98O16S. The molecule has 10 bridgehead atoms. The van der Waals surface area contributed by atoms with Crippen LogP contribution in [0, 0.1) is 76.9 Å². The van der Waals surface area contributed by atoms with E-state index in [-0.39, 0.29) is 125 Å². The molecule has 78 heavy (non-hydrogen) atoms. The summed E-state index contributed by atoms with van der Waals surface area (Å²) in [5.74, 6) is 3.15. The first-order valence-electron chi connectivity index (χ1n) is 30.4. The molecule has 1 N–H and O–H groups in total. The molecule has 2 aliphatic heterocycles. The van der Waals surface area contributed by atoms with Gasteiger partial charge in [-0.2, -0.15) is 8.42 Å². The van der Waals surface area contributed by atoms with E-state index >= 15 is 0 Å². The summed E-state index contributed by atoms with van der Waals surface area (Å²) in [6.07, 6.45) is 20.6. The van der Waals surface area contributed by atoms with E-state index in [1.165, 1.54) is 57.8 Å². The molecular weight excluding hydrogens is 1020 g/mol. The predicted molar refractivity (Wildman–Crippen MR) is 290 cm³/mol. The highest BCUT2D eigenvalue weighted by Gasteiger charge is 2.66. The normalized spacial score (nSPS) is 38.0. The number of carbonyl (C=O) groups is 6. The molecule has 11 saturated carbocycles. The van der Waals surface area contributed by atoms with Crippen LogP contribution in [0.2, 0.25) is 0 Å². The Labute approximate surface area is 466 Å². The van der Waals surface area contributed by atoms with Crippen LogP contribution in [0.25, 0.3) is 0 Å². The SMILES string of the molecule is CC(C)C(=O)OC12CC3CC(CC(O)(C3)C1)C2.CC(C)C(=O)OC1C2CC3C1OS(=O)(=O)C3C2.CC(C)C(=O)OC1COC(=O)C1.CCC1(OC(=O)C(C)C)C2CC3CC(C2)CC1C3.CCC1(OC(=O)C(C)C)CCCCC1. The number of rotatable bonds is 12. The van der Waals surface area contributed by atoms with Gasteiger partial charge in [-0.3, -0.25) is 33.0 Å². The Hall–Kier alpha value is -3.31. The highest BCUT2D eigenvalue weighted by atomic mass is 32.2. The maximum atomic E-state index is 12.1. The molecule has 2 heterocycles. The molecule has 0 aromatic carbocycles. The van der Waals surface area contributed by atoms with Crippen molar-refractivity contribution in [2.45, 2.75) is 264 Å². The standard InChI is InChI=1S/C16H26O2.C14H22O3.C12H22O2.C11H16O5S.C8H12O4/c1-4-16(18-15(17)10(2)3)13-6-11-5-12(8-13)9-14(16)7-11;1-9(2)12(15)17-14-6-10-3-11(7-14)5-13(16,4-10)8-14;1-4-12(8-6-5-7-9-12)14-11(13)10(2)3;1-5(2)11(12)15-9-6-3-7-8(4-6)17(13,14)16-10(7)9;1-5(2)8(10)12-6-3-7(9)11-4-6/h10-14H,4-9H2,1-3H3;9-11,16H,3-8H2,1-2H3;10H,4-9H2,1-3H3;5-10H,3-4H2,1-2H3;5-6H,3-4H2,1-2H3. The molecule has 8 unspecified atom stereocenters. The third kappa shape index (κ3) is 14.3. The number of fused-ring (bicyclic) bond motifs is 1. The molecule has 0 spiro atoms. The number of cyclic esters (lactones) is 1. The molecule has 0 radical (unpaired) electrons. The van der Waals surface area contributed by atoms with Gasteiger partial charge in [0.25, 0.3) is 10.1 Å². The number of hydrogen-bond donors (Lipinski definition) is 1. The Kier molecular flexibility index (Phi) is 20.0. The lowest BCUT2D eigenvalue weighted by molar-refractivity contribution is -0.221. The van der Waals surface area contributed by atoms with E-state index in [4.69, 9.17) is 27.9 Å². The fraction of sp³-hybridized carbons (Fsp3) is 0.902. The molecule has 11 aliphatic carbocycles. The van der Waals surface area contributed by atoms with Crippen molar-refractivity contribution in [1.29, 1.82) is 0 Å². The van der Waals surface area contributed by atoms with Crippen LogP contribution < -0.4 is 0 Å². The van der Waals surface area contributed by atoms with Crippen molar-refractivity contribution in [3.63, 3.8) is 0 Å². The average Bonchev–Trinajstić information content (AvgIpc) is 4.11. The van der Waals surface area contributed by atoms with Crippen molar-refractivity contribution in [2.75, 3.05) is 6.61 Å². The van der Waals surface area contributed by atoms with Crippen molar-refractivity contribution in [3.8, 4) is 0 Å². The quantitative estimate of drug-likeness (QED) is 0.109. The van der Waals surface area contributed by atoms with Gasteiger partial charge in [0.15, 0.2) is 0 Å². The van der Waals surface area contributed by atoms with Crippen molar-refractivity contribution in [1.82, 2.24) is 0 Å². The molecule has 0 aromatic rings. The van der Waals surface area contributed by atoms with Gasteiger partial charge < -0.3 is 33.5 Å². The minimum atomic E-state index is -3.41. The molecule has 8 atom stereocenters. The molecule has 13 aliphatic rings. The average molecular weight is 1120 g/mol. The molecule has 13 fully saturated rings. The van der Waals surface area contributed by atoms with Crippen LogP contribution >= 0.6 is 0 Å². The maximum absolute atomic E-state index is 12.1. The number of esters is 6. The van der Waals surface area contributed by atoms with Gasteiger partial charge in [0.1, 0.15) is 41.7 Å². The van der Waals surface area contributed by atoms with Crippen molar-refractivity contribution in [2.24, 2.45) is 76.9 Å². The van der Waals surface area contributed by atoms with E-state index in [1.54, 1.807) is 27.7 Å². The minimum absolute atomic E-state index is 0.000325. The second-order valence-corrected chi connectivity index (χ2v) is 29.2. The van der Waals surface area contributed by atoms with Crippen LogP contribution in [0.4, 0.5) is 0 Å². The lowest BCUT2D eigenvalue weighted by atomic mass is 9.49. The Morgan fingerprint density at radius 3 is 1.58 bits per heavy atom. The molecule has 444 valence electrons. The van der Waals surface area contributed by atoms with Crippen LogP contribution in [-0.2, 0) is 71.5 Å². The molecule has 0 amide bonds. The zero-order valence-electron chi connectivity index (χ0n) is 49.4. The summed E-state index contributed by atoms with van der Waals surface area (Å²) in [7, 11) is -3.41. The van der Waals surface area contributed by atoms with Crippen molar-refractivity contribution in [3.05, 3.63) is 0 Å². The van der Waals surface area contributed by atoms with Crippen molar-refractivity contribution < 1.29 is 74.9 Å². The summed E-state index contributed by atoms with van der Waals surface area (Å²) in [6, 6.07) is 0. The molecule has 13 rings (SSSR count). The predicted octanol–water partition coefficient (Wildman–Crippen LogP) is 10.6. The van der Waals surface area contributed by atoms with E-state index in [1.807, 2.05) is 41.5 Å². The number of ether oxygens (including phenoxy) is 6. The largest absolute Gasteiger partial charge is 0.462 e. The van der Waals surface area contributed by atoms with E-state index in [0.717, 1.165) is 69.6 Å². The van der Waals surface area contributed by atoms with Crippen molar-refractivity contribution >= 4 is 45.9 Å². The van der Waals surface area contributed by atoms with Crippen LogP contribution in [0.3, 0.4) is 0 Å². The Morgan fingerprint density at radius 1 is 0.603 bits per heavy atom. The second kappa shape index (κ2) is 25.0. The van der Waals surface area contributed by atoms with Gasteiger partial charge in [-0.15, -0.1) is 0 Å². The van der Waals surface area contributed by atoms with E-state index in [2.05, 4.69) is 18.6 Å². The van der Waals surface area contributed by atoms with Gasteiger partial charge >= 0.3 is 35.8 Å². The fourth-order valence-electron chi connectivity index (χ4n) is 15.9. The van der Waals surface area contributed by atoms with Crippen LogP contribution in [0.1, 0.15) is 218 Å². The number of aliphatic hydroxyl groups is 1. The number of carbonyl (C=O) groups excluding carboxylic acids is 6. The van der Waals surface area contributed by atoms with Gasteiger partial charge in [0.2, 0.25) is 0 Å². The fourth-order valence-corrected chi connectivity index (χ4v) is 17.8. The molecule has 17 heteroatoms.